The summed E-state index contributed by atoms with van der Waals surface area (Å²) in [5.41, 5.74) is 0. The van der Waals surface area contributed by atoms with Crippen LogP contribution in [0.3, 0.4) is 0 Å². The topological polar surface area (TPSA) is 78.4 Å². The Hall–Kier alpha value is -2.00. The molecule has 0 spiro atoms. The summed E-state index contributed by atoms with van der Waals surface area (Å²) in [4.78, 5) is 22.9. The minimum Gasteiger partial charge on any atom is -0.479 e. The van der Waals surface area contributed by atoms with Gasteiger partial charge in [0.1, 0.15) is 0 Å². The average Bonchev–Trinajstić information content (AvgIpc) is 2.79. The molecule has 1 rings (SSSR count). The van der Waals surface area contributed by atoms with Crippen molar-refractivity contribution in [3.8, 4) is 12.3 Å². The standard InChI is InChI=1S/C11H12N2O3S/c1-2-3-6-12-11(16)13-9(10(14)15)8-5-4-7-17-8/h1,4-5,7,9H,3,6H2,(H,14,15)(H2,12,13,16). The Labute approximate surface area is 103 Å². The zero-order valence-corrected chi connectivity index (χ0v) is 9.79. The zero-order valence-electron chi connectivity index (χ0n) is 8.97. The van der Waals surface area contributed by atoms with Gasteiger partial charge >= 0.3 is 12.0 Å². The molecule has 3 N–H and O–H groups in total. The van der Waals surface area contributed by atoms with Gasteiger partial charge < -0.3 is 15.7 Å². The first-order valence-corrected chi connectivity index (χ1v) is 5.77. The van der Waals surface area contributed by atoms with Crippen molar-refractivity contribution in [3.63, 3.8) is 0 Å². The Morgan fingerprint density at radius 3 is 2.88 bits per heavy atom. The van der Waals surface area contributed by atoms with Crippen LogP contribution in [-0.2, 0) is 4.79 Å². The average molecular weight is 252 g/mol. The van der Waals surface area contributed by atoms with Crippen molar-refractivity contribution >= 4 is 23.3 Å². The Bertz CT molecular complexity index is 422. The van der Waals surface area contributed by atoms with E-state index in [-0.39, 0.29) is 0 Å². The van der Waals surface area contributed by atoms with Crippen molar-refractivity contribution in [1.82, 2.24) is 10.6 Å². The van der Waals surface area contributed by atoms with Crippen molar-refractivity contribution < 1.29 is 14.7 Å². The second-order valence-electron chi connectivity index (χ2n) is 3.14. The summed E-state index contributed by atoms with van der Waals surface area (Å²) in [7, 11) is 0. The SMILES string of the molecule is C#CCCNC(=O)NC(C(=O)O)c1cccs1. The van der Waals surface area contributed by atoms with Gasteiger partial charge in [-0.1, -0.05) is 6.07 Å². The van der Waals surface area contributed by atoms with E-state index in [4.69, 9.17) is 11.5 Å². The number of carbonyl (C=O) groups excluding carboxylic acids is 1. The van der Waals surface area contributed by atoms with E-state index in [0.717, 1.165) is 0 Å². The highest BCUT2D eigenvalue weighted by atomic mass is 32.1. The number of carboxylic acid groups (broad SMARTS) is 1. The molecule has 0 aromatic carbocycles. The Morgan fingerprint density at radius 1 is 1.59 bits per heavy atom. The van der Waals surface area contributed by atoms with Gasteiger partial charge in [-0.05, 0) is 11.4 Å². The predicted octanol–water partition coefficient (Wildman–Crippen LogP) is 1.20. The molecule has 0 bridgehead atoms. The van der Waals surface area contributed by atoms with Crippen molar-refractivity contribution in [2.45, 2.75) is 12.5 Å². The van der Waals surface area contributed by atoms with E-state index < -0.39 is 18.0 Å². The molecule has 5 nitrogen and oxygen atoms in total. The van der Waals surface area contributed by atoms with Gasteiger partial charge in [0.05, 0.1) is 0 Å². The Balaban J connectivity index is 2.54. The second kappa shape index (κ2) is 6.55. The van der Waals surface area contributed by atoms with Crippen molar-refractivity contribution in [3.05, 3.63) is 22.4 Å². The number of carboxylic acids is 1. The first-order valence-electron chi connectivity index (χ1n) is 4.89. The number of rotatable bonds is 5. The van der Waals surface area contributed by atoms with Crippen LogP contribution in [0.1, 0.15) is 17.3 Å². The predicted molar refractivity (Wildman–Crippen MR) is 64.7 cm³/mol. The first-order chi connectivity index (χ1) is 8.15. The van der Waals surface area contributed by atoms with E-state index in [2.05, 4.69) is 16.6 Å². The number of carbonyl (C=O) groups is 2. The molecule has 1 atom stereocenters. The monoisotopic (exact) mass is 252 g/mol. The number of nitrogens with one attached hydrogen (secondary N) is 2. The van der Waals surface area contributed by atoms with Crippen molar-refractivity contribution in [1.29, 1.82) is 0 Å². The van der Waals surface area contributed by atoms with Crippen LogP contribution in [0.2, 0.25) is 0 Å². The van der Waals surface area contributed by atoms with Crippen molar-refractivity contribution in [2.24, 2.45) is 0 Å². The summed E-state index contributed by atoms with van der Waals surface area (Å²) in [6.07, 6.45) is 5.43. The molecule has 90 valence electrons. The quantitative estimate of drug-likeness (QED) is 0.544. The van der Waals surface area contributed by atoms with Crippen LogP contribution in [0.25, 0.3) is 0 Å². The van der Waals surface area contributed by atoms with Gasteiger partial charge in [-0.15, -0.1) is 23.7 Å². The third-order valence-corrected chi connectivity index (χ3v) is 2.84. The molecule has 0 saturated heterocycles. The number of hydrogen-bond acceptors (Lipinski definition) is 3. The highest BCUT2D eigenvalue weighted by Gasteiger charge is 2.22. The van der Waals surface area contributed by atoms with Gasteiger partial charge in [0.15, 0.2) is 6.04 Å². The smallest absolute Gasteiger partial charge is 0.331 e. The van der Waals surface area contributed by atoms with E-state index in [9.17, 15) is 9.59 Å². The van der Waals surface area contributed by atoms with Crippen LogP contribution in [-0.4, -0.2) is 23.7 Å². The fraction of sp³-hybridized carbons (Fsp3) is 0.273. The lowest BCUT2D eigenvalue weighted by atomic mass is 10.2. The van der Waals surface area contributed by atoms with Crippen LogP contribution < -0.4 is 10.6 Å². The Morgan fingerprint density at radius 2 is 2.35 bits per heavy atom. The highest BCUT2D eigenvalue weighted by molar-refractivity contribution is 7.10. The second-order valence-corrected chi connectivity index (χ2v) is 4.12. The first kappa shape index (κ1) is 13.1. The molecule has 0 aliphatic heterocycles. The summed E-state index contributed by atoms with van der Waals surface area (Å²) >= 11 is 1.27. The molecule has 2 amide bonds. The fourth-order valence-corrected chi connectivity index (χ4v) is 1.91. The van der Waals surface area contributed by atoms with Gasteiger partial charge in [0, 0.05) is 17.8 Å². The molecule has 6 heteroatoms. The summed E-state index contributed by atoms with van der Waals surface area (Å²) in [6, 6.07) is 1.82. The fourth-order valence-electron chi connectivity index (χ4n) is 1.14. The number of amides is 2. The molecule has 1 aromatic heterocycles. The zero-order chi connectivity index (χ0) is 12.7. The summed E-state index contributed by atoms with van der Waals surface area (Å²) in [5.74, 6) is 1.27. The lowest BCUT2D eigenvalue weighted by molar-refractivity contribution is -0.139. The van der Waals surface area contributed by atoms with Gasteiger partial charge in [-0.3, -0.25) is 0 Å². The summed E-state index contributed by atoms with van der Waals surface area (Å²) in [6.45, 7) is 0.319. The minimum absolute atomic E-state index is 0.319. The van der Waals surface area contributed by atoms with E-state index in [1.807, 2.05) is 0 Å². The lowest BCUT2D eigenvalue weighted by Gasteiger charge is -2.13. The molecule has 1 unspecified atom stereocenters. The maximum atomic E-state index is 11.4. The van der Waals surface area contributed by atoms with Crippen LogP contribution >= 0.6 is 11.3 Å². The third kappa shape index (κ3) is 4.17. The molecule has 0 saturated carbocycles. The number of thiophene rings is 1. The van der Waals surface area contributed by atoms with Gasteiger partial charge in [-0.25, -0.2) is 9.59 Å². The Kier molecular flexibility index (Phi) is 5.04. The number of hydrogen-bond donors (Lipinski definition) is 3. The molecule has 0 aliphatic rings. The highest BCUT2D eigenvalue weighted by Crippen LogP contribution is 2.18. The molecule has 0 radical (unpaired) electrons. The third-order valence-electron chi connectivity index (χ3n) is 1.90. The van der Waals surface area contributed by atoms with Crippen LogP contribution in [0.5, 0.6) is 0 Å². The van der Waals surface area contributed by atoms with Crippen molar-refractivity contribution in [2.75, 3.05) is 6.54 Å². The number of aliphatic carboxylic acids is 1. The van der Waals surface area contributed by atoms with Gasteiger partial charge in [0.2, 0.25) is 0 Å². The summed E-state index contributed by atoms with van der Waals surface area (Å²) < 4.78 is 0. The van der Waals surface area contributed by atoms with E-state index in [0.29, 0.717) is 17.8 Å². The normalized spacial score (nSPS) is 11.2. The van der Waals surface area contributed by atoms with E-state index >= 15 is 0 Å². The molecule has 1 heterocycles. The lowest BCUT2D eigenvalue weighted by Crippen LogP contribution is -2.40. The van der Waals surface area contributed by atoms with E-state index in [1.165, 1.54) is 11.3 Å². The van der Waals surface area contributed by atoms with Crippen LogP contribution in [0, 0.1) is 12.3 Å². The van der Waals surface area contributed by atoms with E-state index in [1.54, 1.807) is 17.5 Å². The summed E-state index contributed by atoms with van der Waals surface area (Å²) in [5, 5.41) is 15.6. The molecule has 1 aromatic rings. The van der Waals surface area contributed by atoms with Crippen LogP contribution in [0.4, 0.5) is 4.79 Å². The molecule has 0 aliphatic carbocycles. The molecule has 17 heavy (non-hydrogen) atoms. The molecule has 0 fully saturated rings. The molecular formula is C11H12N2O3S. The maximum absolute atomic E-state index is 11.4. The van der Waals surface area contributed by atoms with Crippen LogP contribution in [0.15, 0.2) is 17.5 Å². The minimum atomic E-state index is -1.10. The molecular weight excluding hydrogens is 240 g/mol. The maximum Gasteiger partial charge on any atom is 0.331 e. The van der Waals surface area contributed by atoms with Gasteiger partial charge in [-0.2, -0.15) is 0 Å². The largest absolute Gasteiger partial charge is 0.479 e. The van der Waals surface area contributed by atoms with Gasteiger partial charge in [0.25, 0.3) is 0 Å². The number of urea groups is 1. The number of terminal acetylenes is 1.